The second-order valence-corrected chi connectivity index (χ2v) is 10.0. The van der Waals surface area contributed by atoms with Crippen molar-refractivity contribution in [3.8, 4) is 0 Å². The highest BCUT2D eigenvalue weighted by atomic mass is 32.2. The number of aryl methyl sites for hydroxylation is 1. The number of carbonyl (C=O) groups is 1. The van der Waals surface area contributed by atoms with Crippen molar-refractivity contribution in [1.29, 1.82) is 0 Å². The molecule has 1 aromatic rings. The van der Waals surface area contributed by atoms with Crippen molar-refractivity contribution in [1.82, 2.24) is 19.9 Å². The van der Waals surface area contributed by atoms with E-state index in [2.05, 4.69) is 10.1 Å². The number of nitrogens with zero attached hydrogens (tertiary/aromatic N) is 4. The molecule has 0 spiro atoms. The van der Waals surface area contributed by atoms with Crippen LogP contribution < -0.4 is 0 Å². The van der Waals surface area contributed by atoms with Gasteiger partial charge in [-0.2, -0.15) is 4.98 Å². The van der Waals surface area contributed by atoms with Gasteiger partial charge in [0.1, 0.15) is 0 Å². The lowest BCUT2D eigenvalue weighted by Crippen LogP contribution is -2.51. The third-order valence-electron chi connectivity index (χ3n) is 5.49. The Hall–Kier alpha value is -1.48. The summed E-state index contributed by atoms with van der Waals surface area (Å²) in [5, 5.41) is 3.88. The molecule has 0 bridgehead atoms. The zero-order chi connectivity index (χ0) is 19.4. The van der Waals surface area contributed by atoms with Crippen molar-refractivity contribution in [3.63, 3.8) is 0 Å². The van der Waals surface area contributed by atoms with Crippen LogP contribution in [0.15, 0.2) is 4.52 Å². The molecule has 2 heterocycles. The third kappa shape index (κ3) is 5.28. The molecule has 0 aromatic carbocycles. The van der Waals surface area contributed by atoms with Gasteiger partial charge in [-0.1, -0.05) is 31.3 Å². The van der Waals surface area contributed by atoms with Gasteiger partial charge >= 0.3 is 0 Å². The van der Waals surface area contributed by atoms with Gasteiger partial charge in [0.25, 0.3) is 0 Å². The highest BCUT2D eigenvalue weighted by Gasteiger charge is 2.38. The van der Waals surface area contributed by atoms with Crippen molar-refractivity contribution in [2.75, 3.05) is 25.1 Å². The number of hydrogen-bond donors (Lipinski definition) is 0. The van der Waals surface area contributed by atoms with Gasteiger partial charge in [-0.15, -0.1) is 0 Å². The first-order valence-corrected chi connectivity index (χ1v) is 11.7. The Morgan fingerprint density at radius 1 is 1.19 bits per heavy atom. The molecule has 2 fully saturated rings. The largest absolute Gasteiger partial charge is 0.338 e. The van der Waals surface area contributed by atoms with E-state index in [0.717, 1.165) is 25.7 Å². The maximum Gasteiger partial charge on any atom is 0.240 e. The average molecular weight is 399 g/mol. The second-order valence-electron chi connectivity index (χ2n) is 7.78. The van der Waals surface area contributed by atoms with Crippen molar-refractivity contribution < 1.29 is 17.7 Å². The molecule has 2 aliphatic rings. The summed E-state index contributed by atoms with van der Waals surface area (Å²) in [6.45, 7) is 2.58. The van der Waals surface area contributed by atoms with Crippen LogP contribution in [0.4, 0.5) is 0 Å². The molecular formula is C18H30N4O4S. The minimum atomic E-state index is -3.03. The molecule has 152 valence electrons. The van der Waals surface area contributed by atoms with E-state index in [1.807, 2.05) is 23.8 Å². The van der Waals surface area contributed by atoms with Gasteiger partial charge in [0.15, 0.2) is 15.7 Å². The Balaban J connectivity index is 1.66. The van der Waals surface area contributed by atoms with Crippen LogP contribution in [0.2, 0.25) is 0 Å². The Morgan fingerprint density at radius 3 is 2.52 bits per heavy atom. The molecule has 1 aliphatic heterocycles. The quantitative estimate of drug-likeness (QED) is 0.685. The van der Waals surface area contributed by atoms with Gasteiger partial charge in [-0.3, -0.25) is 9.69 Å². The first kappa shape index (κ1) is 20.3. The predicted octanol–water partition coefficient (Wildman–Crippen LogP) is 1.41. The van der Waals surface area contributed by atoms with E-state index in [1.54, 1.807) is 0 Å². The fraction of sp³-hybridized carbons (Fsp3) is 0.833. The van der Waals surface area contributed by atoms with Crippen LogP contribution in [0.25, 0.3) is 0 Å². The van der Waals surface area contributed by atoms with Gasteiger partial charge in [-0.25, -0.2) is 8.42 Å². The second kappa shape index (κ2) is 8.68. The summed E-state index contributed by atoms with van der Waals surface area (Å²) in [5.41, 5.74) is 0. The molecule has 1 aliphatic carbocycles. The first-order valence-electron chi connectivity index (χ1n) is 9.89. The van der Waals surface area contributed by atoms with Crippen molar-refractivity contribution in [2.45, 2.75) is 70.5 Å². The predicted molar refractivity (Wildman–Crippen MR) is 101 cm³/mol. The van der Waals surface area contributed by atoms with Crippen LogP contribution in [0.5, 0.6) is 0 Å². The summed E-state index contributed by atoms with van der Waals surface area (Å²) in [6, 6.07) is -0.0258. The van der Waals surface area contributed by atoms with Gasteiger partial charge in [-0.05, 0) is 26.3 Å². The molecule has 1 aromatic heterocycles. The molecule has 0 N–H and O–H groups in total. The number of amides is 1. The van der Waals surface area contributed by atoms with Crippen molar-refractivity contribution >= 4 is 15.7 Å². The number of rotatable bonds is 7. The number of likely N-dealkylation sites (N-methyl/N-ethyl adjacent to an activating group) is 1. The van der Waals surface area contributed by atoms with Crippen LogP contribution in [0.1, 0.15) is 57.2 Å². The van der Waals surface area contributed by atoms with Gasteiger partial charge < -0.3 is 9.42 Å². The number of carbonyl (C=O) groups excluding carboxylic acids is 1. The molecule has 0 radical (unpaired) electrons. The Bertz CT molecular complexity index is 742. The minimum absolute atomic E-state index is 0.00160. The van der Waals surface area contributed by atoms with Gasteiger partial charge in [0, 0.05) is 18.5 Å². The van der Waals surface area contributed by atoms with E-state index < -0.39 is 9.84 Å². The molecule has 3 rings (SSSR count). The van der Waals surface area contributed by atoms with Crippen LogP contribution in [-0.2, 0) is 27.6 Å². The Labute approximate surface area is 161 Å². The summed E-state index contributed by atoms with van der Waals surface area (Å²) in [5.74, 6) is 1.44. The van der Waals surface area contributed by atoms with E-state index in [4.69, 9.17) is 4.52 Å². The molecule has 9 heteroatoms. The van der Waals surface area contributed by atoms with Crippen LogP contribution in [-0.4, -0.2) is 71.4 Å². The molecule has 1 saturated carbocycles. The maximum absolute atomic E-state index is 13.1. The Morgan fingerprint density at radius 2 is 1.93 bits per heavy atom. The minimum Gasteiger partial charge on any atom is -0.338 e. The van der Waals surface area contributed by atoms with Crippen LogP contribution in [0, 0.1) is 0 Å². The smallest absolute Gasteiger partial charge is 0.240 e. The number of hydrogen-bond acceptors (Lipinski definition) is 7. The average Bonchev–Trinajstić information content (AvgIpc) is 3.22. The van der Waals surface area contributed by atoms with E-state index in [9.17, 15) is 13.2 Å². The molecule has 8 nitrogen and oxygen atoms in total. The molecule has 27 heavy (non-hydrogen) atoms. The van der Waals surface area contributed by atoms with Crippen molar-refractivity contribution in [2.24, 2.45) is 0 Å². The lowest BCUT2D eigenvalue weighted by atomic mass is 9.93. The SMILES string of the molecule is CCc1noc(CN(C)CC(=O)N(C2CCCCC2)[C@H]2CCS(=O)(=O)C2)n1. The molecule has 0 unspecified atom stereocenters. The van der Waals surface area contributed by atoms with Crippen LogP contribution in [0.3, 0.4) is 0 Å². The highest BCUT2D eigenvalue weighted by molar-refractivity contribution is 7.91. The fourth-order valence-electron chi connectivity index (χ4n) is 4.16. The van der Waals surface area contributed by atoms with Gasteiger partial charge in [0.2, 0.25) is 11.8 Å². The van der Waals surface area contributed by atoms with E-state index >= 15 is 0 Å². The maximum atomic E-state index is 13.1. The molecule has 1 amide bonds. The third-order valence-corrected chi connectivity index (χ3v) is 7.24. The standard InChI is InChI=1S/C18H30N4O4S/c1-3-16-19-17(26-20-16)11-21(2)12-18(23)22(14-7-5-4-6-8-14)15-9-10-27(24,25)13-15/h14-15H,3-13H2,1-2H3/t15-/m0/s1. The monoisotopic (exact) mass is 398 g/mol. The lowest BCUT2D eigenvalue weighted by molar-refractivity contribution is -0.137. The van der Waals surface area contributed by atoms with Crippen LogP contribution >= 0.6 is 0 Å². The summed E-state index contributed by atoms with van der Waals surface area (Å²) >= 11 is 0. The van der Waals surface area contributed by atoms with E-state index in [0.29, 0.717) is 31.1 Å². The number of sulfone groups is 1. The Kier molecular flexibility index (Phi) is 6.52. The highest BCUT2D eigenvalue weighted by Crippen LogP contribution is 2.28. The van der Waals surface area contributed by atoms with Crippen molar-refractivity contribution in [3.05, 3.63) is 11.7 Å². The zero-order valence-corrected chi connectivity index (χ0v) is 17.1. The fourth-order valence-corrected chi connectivity index (χ4v) is 5.87. The number of aromatic nitrogens is 2. The van der Waals surface area contributed by atoms with Gasteiger partial charge in [0.05, 0.1) is 24.6 Å². The zero-order valence-electron chi connectivity index (χ0n) is 16.3. The summed E-state index contributed by atoms with van der Waals surface area (Å²) in [6.07, 6.45) is 6.59. The molecular weight excluding hydrogens is 368 g/mol. The summed E-state index contributed by atoms with van der Waals surface area (Å²) in [7, 11) is -1.19. The molecule has 1 atom stereocenters. The summed E-state index contributed by atoms with van der Waals surface area (Å²) in [4.78, 5) is 21.2. The normalized spacial score (nSPS) is 23.0. The summed E-state index contributed by atoms with van der Waals surface area (Å²) < 4.78 is 29.1. The molecule has 1 saturated heterocycles. The lowest BCUT2D eigenvalue weighted by Gasteiger charge is -2.39. The topological polar surface area (TPSA) is 96.6 Å². The first-order chi connectivity index (χ1) is 12.9. The van der Waals surface area contributed by atoms with E-state index in [-0.39, 0.29) is 36.0 Å². The van der Waals surface area contributed by atoms with E-state index in [1.165, 1.54) is 6.42 Å².